The number of fused-ring (bicyclic) bond motifs is 1. The second-order valence-corrected chi connectivity index (χ2v) is 27.4. The van der Waals surface area contributed by atoms with Crippen molar-refractivity contribution in [3.8, 4) is 22.8 Å². The number of hydrogen-bond donors (Lipinski definition) is 2. The molecule has 0 fully saturated rings. The van der Waals surface area contributed by atoms with Gasteiger partial charge < -0.3 is 23.4 Å². The molecule has 3 heterocycles. The van der Waals surface area contributed by atoms with Gasteiger partial charge in [-0.1, -0.05) is 53.7 Å². The summed E-state index contributed by atoms with van der Waals surface area (Å²) in [5, 5.41) is 20.5. The lowest BCUT2D eigenvalue weighted by Gasteiger charge is -2.36. The molecule has 0 aliphatic carbocycles. The number of hydrogen-bond acceptors (Lipinski definition) is 9. The minimum Gasteiger partial charge on any atom is -0.496 e. The summed E-state index contributed by atoms with van der Waals surface area (Å²) < 4.78 is 26.0. The third kappa shape index (κ3) is 10.3. The number of carbonyl (C=O) groups is 1. The van der Waals surface area contributed by atoms with E-state index in [0.29, 0.717) is 36.9 Å². The van der Waals surface area contributed by atoms with Crippen molar-refractivity contribution in [2.24, 2.45) is 0 Å². The first kappa shape index (κ1) is 42.1. The first-order valence-corrected chi connectivity index (χ1v) is 24.2. The Morgan fingerprint density at radius 2 is 1.51 bits per heavy atom. The van der Waals surface area contributed by atoms with Gasteiger partial charge in [-0.25, -0.2) is 19.4 Å². The van der Waals surface area contributed by atoms with Crippen molar-refractivity contribution in [1.82, 2.24) is 25.1 Å². The van der Waals surface area contributed by atoms with Gasteiger partial charge in [0.15, 0.2) is 28.2 Å². The number of rotatable bonds is 13. The summed E-state index contributed by atoms with van der Waals surface area (Å²) in [5.41, 5.74) is 0.579. The number of amides is 1. The van der Waals surface area contributed by atoms with Crippen molar-refractivity contribution in [2.45, 2.75) is 129 Å². The van der Waals surface area contributed by atoms with Gasteiger partial charge in [0, 0.05) is 18.6 Å². The molecule has 1 amide bonds. The number of carbonyl (C=O) groups excluding carboxylic acids is 1. The molecule has 11 nitrogen and oxygen atoms in total. The normalized spacial score (nSPS) is 14.2. The highest BCUT2D eigenvalue weighted by atomic mass is 28.4. The van der Waals surface area contributed by atoms with E-state index in [4.69, 9.17) is 33.4 Å². The van der Waals surface area contributed by atoms with Gasteiger partial charge in [0.05, 0.1) is 47.9 Å². The van der Waals surface area contributed by atoms with E-state index in [0.717, 1.165) is 22.2 Å². The summed E-state index contributed by atoms with van der Waals surface area (Å²) >= 11 is 0. The Kier molecular flexibility index (Phi) is 12.4. The van der Waals surface area contributed by atoms with Gasteiger partial charge in [-0.15, -0.1) is 0 Å². The number of aliphatic hydroxyl groups is 1. The van der Waals surface area contributed by atoms with Gasteiger partial charge in [0.1, 0.15) is 11.4 Å². The van der Waals surface area contributed by atoms with E-state index >= 15 is 0 Å². The van der Waals surface area contributed by atoms with Gasteiger partial charge in [-0.3, -0.25) is 5.32 Å². The van der Waals surface area contributed by atoms with Gasteiger partial charge in [0.25, 0.3) is 0 Å². The first-order valence-electron chi connectivity index (χ1n) is 18.4. The second kappa shape index (κ2) is 15.6. The fraction of sp³-hybridized carbons (Fsp3) is 0.550. The number of benzene rings is 1. The monoisotopic (exact) mass is 763 g/mol. The lowest BCUT2D eigenvalue weighted by molar-refractivity contribution is -0.0295. The summed E-state index contributed by atoms with van der Waals surface area (Å²) in [6.45, 7) is 28.3. The molecule has 0 spiro atoms. The lowest BCUT2D eigenvalue weighted by Crippen LogP contribution is -2.48. The molecule has 53 heavy (non-hydrogen) atoms. The Morgan fingerprint density at radius 1 is 0.868 bits per heavy atom. The Hall–Kier alpha value is -3.63. The third-order valence-corrected chi connectivity index (χ3v) is 19.4. The molecule has 1 atom stereocenters. The van der Waals surface area contributed by atoms with E-state index in [1.165, 1.54) is 0 Å². The Morgan fingerprint density at radius 3 is 2.13 bits per heavy atom. The van der Waals surface area contributed by atoms with Crippen molar-refractivity contribution in [3.05, 3.63) is 66.1 Å². The Balaban J connectivity index is 1.70. The Bertz CT molecular complexity index is 1890. The highest BCUT2D eigenvalue weighted by molar-refractivity contribution is 6.74. The minimum absolute atomic E-state index is 0.0451. The molecular formula is C40H61N5O6Si2. The smallest absolute Gasteiger partial charge is 0.410 e. The van der Waals surface area contributed by atoms with Crippen LogP contribution in [0.25, 0.3) is 28.0 Å². The van der Waals surface area contributed by atoms with Crippen molar-refractivity contribution in [1.29, 1.82) is 0 Å². The van der Waals surface area contributed by atoms with Crippen molar-refractivity contribution < 1.29 is 28.2 Å². The molecule has 13 heteroatoms. The van der Waals surface area contributed by atoms with Crippen molar-refractivity contribution in [2.75, 3.05) is 13.7 Å². The topological polar surface area (TPSA) is 130 Å². The highest BCUT2D eigenvalue weighted by Crippen LogP contribution is 2.39. The molecule has 290 valence electrons. The number of alkyl carbamates (subject to hydrolysis) is 1. The van der Waals surface area contributed by atoms with Crippen molar-refractivity contribution in [3.63, 3.8) is 0 Å². The van der Waals surface area contributed by atoms with E-state index < -0.39 is 34.1 Å². The summed E-state index contributed by atoms with van der Waals surface area (Å²) in [7, 11) is -2.37. The van der Waals surface area contributed by atoms with Gasteiger partial charge in [0.2, 0.25) is 0 Å². The summed E-state index contributed by atoms with van der Waals surface area (Å²) in [6, 6.07) is 15.1. The quantitative estimate of drug-likeness (QED) is 0.0777. The number of methoxy groups -OCH3 is 1. The maximum atomic E-state index is 13.1. The molecule has 0 radical (unpaired) electrons. The molecule has 3 aromatic heterocycles. The van der Waals surface area contributed by atoms with Crippen LogP contribution >= 0.6 is 0 Å². The van der Waals surface area contributed by atoms with Crippen LogP contribution in [0.4, 0.5) is 4.79 Å². The molecule has 0 saturated heterocycles. The summed E-state index contributed by atoms with van der Waals surface area (Å²) in [4.78, 5) is 22.9. The van der Waals surface area contributed by atoms with Crippen molar-refractivity contribution >= 4 is 33.6 Å². The fourth-order valence-corrected chi connectivity index (χ4v) is 7.18. The van der Waals surface area contributed by atoms with E-state index in [1.54, 1.807) is 44.8 Å². The molecule has 4 rings (SSSR count). The van der Waals surface area contributed by atoms with Crippen LogP contribution in [0.5, 0.6) is 5.75 Å². The number of nitrogens with one attached hydrogen (secondary N) is 1. The van der Waals surface area contributed by atoms with Gasteiger partial charge >= 0.3 is 6.09 Å². The predicted octanol–water partition coefficient (Wildman–Crippen LogP) is 9.48. The molecular weight excluding hydrogens is 703 g/mol. The number of pyridine rings is 2. The molecule has 2 N–H and O–H groups in total. The van der Waals surface area contributed by atoms with Gasteiger partial charge in [-0.05, 0) is 99.9 Å². The Labute approximate surface area is 318 Å². The molecule has 4 aromatic rings. The first-order chi connectivity index (χ1) is 24.4. The number of aromatic nitrogens is 4. The molecule has 0 aliphatic rings. The third-order valence-electron chi connectivity index (χ3n) is 10.4. The lowest BCUT2D eigenvalue weighted by atomic mass is 10.0. The van der Waals surface area contributed by atoms with Gasteiger partial charge in [-0.2, -0.15) is 5.10 Å². The van der Waals surface area contributed by atoms with E-state index in [-0.39, 0.29) is 22.2 Å². The van der Waals surface area contributed by atoms with Crippen LogP contribution < -0.4 is 10.1 Å². The number of nitrogens with zero attached hydrogens (tertiary/aromatic N) is 4. The molecule has 0 bridgehead atoms. The fourth-order valence-electron chi connectivity index (χ4n) is 5.15. The van der Waals surface area contributed by atoms with Crippen LogP contribution in [-0.2, 0) is 25.9 Å². The van der Waals surface area contributed by atoms with E-state index in [9.17, 15) is 9.90 Å². The summed E-state index contributed by atoms with van der Waals surface area (Å²) in [6.07, 6.45) is 1.66. The maximum absolute atomic E-state index is 13.1. The standard InChI is InChI=1S/C40H61N5O6Si2/c1-37(2,3)51-36(46)44-40(47,22-17-23-49-52(11,12)38(4,5)6)34-20-16-19-31(43-34)28-24-32-30(33(25-28)48-10)26-41-45(32)35-21-15-18-29(42-35)27-50-53(13,14)39(7,8)9/h15-16,18-21,24-26,47H,17,22-23,27H2,1-14H3,(H,44,46)/t40-/m0/s1. The average Bonchev–Trinajstić information content (AvgIpc) is 3.48. The predicted molar refractivity (Wildman–Crippen MR) is 216 cm³/mol. The molecule has 1 aromatic carbocycles. The minimum atomic E-state index is -2.01. The number of ether oxygens (including phenoxy) is 2. The van der Waals surface area contributed by atoms with Crippen LogP contribution in [0.1, 0.15) is 86.5 Å². The van der Waals surface area contributed by atoms with Crippen LogP contribution in [0.15, 0.2) is 54.7 Å². The molecule has 0 saturated carbocycles. The van der Waals surface area contributed by atoms with E-state index in [2.05, 4.69) is 73.0 Å². The van der Waals surface area contributed by atoms with Crippen LogP contribution in [-0.4, -0.2) is 66.9 Å². The maximum Gasteiger partial charge on any atom is 0.410 e. The zero-order valence-corrected chi connectivity index (χ0v) is 36.3. The molecule has 0 unspecified atom stereocenters. The second-order valence-electron chi connectivity index (χ2n) is 17.8. The van der Waals surface area contributed by atoms with Crippen LogP contribution in [0, 0.1) is 0 Å². The average molecular weight is 764 g/mol. The largest absolute Gasteiger partial charge is 0.496 e. The SMILES string of the molecule is COc1cc(-c2cccc([C@@](O)(CCCO[Si](C)(C)C(C)(C)C)NC(=O)OC(C)(C)C)n2)cc2c1cnn2-c1cccc(CO[Si](C)(C)C(C)(C)C)n1. The summed E-state index contributed by atoms with van der Waals surface area (Å²) in [5.74, 6) is 1.26. The highest BCUT2D eigenvalue weighted by Gasteiger charge is 2.39. The zero-order valence-electron chi connectivity index (χ0n) is 34.3. The van der Waals surface area contributed by atoms with Crippen LogP contribution in [0.3, 0.4) is 0 Å². The van der Waals surface area contributed by atoms with Crippen LogP contribution in [0.2, 0.25) is 36.3 Å². The zero-order chi connectivity index (χ0) is 39.6. The van der Waals surface area contributed by atoms with E-state index in [1.807, 2.05) is 42.5 Å². The molecule has 0 aliphatic heterocycles.